The van der Waals surface area contributed by atoms with E-state index in [1.807, 2.05) is 0 Å². The minimum atomic E-state index is -0.408. The molecular weight excluding hydrogens is 400 g/mol. The summed E-state index contributed by atoms with van der Waals surface area (Å²) in [5.74, 6) is 0.334. The van der Waals surface area contributed by atoms with E-state index in [-0.39, 0.29) is 17.5 Å². The molecule has 5 nitrogen and oxygen atoms in total. The highest BCUT2D eigenvalue weighted by Gasteiger charge is 2.16. The van der Waals surface area contributed by atoms with Gasteiger partial charge in [0.05, 0.1) is 17.0 Å². The number of amides is 1. The van der Waals surface area contributed by atoms with Crippen molar-refractivity contribution in [3.63, 3.8) is 0 Å². The summed E-state index contributed by atoms with van der Waals surface area (Å²) in [6, 6.07) is 9.16. The summed E-state index contributed by atoms with van der Waals surface area (Å²) >= 11 is 13.3. The predicted molar refractivity (Wildman–Crippen MR) is 103 cm³/mol. The Hall–Kier alpha value is -2.09. The largest absolute Gasteiger partial charge is 0.488 e. The van der Waals surface area contributed by atoms with E-state index in [1.54, 1.807) is 24.3 Å². The molecule has 1 N–H and O–H groups in total. The van der Waals surface area contributed by atoms with E-state index < -0.39 is 5.82 Å². The number of thioether (sulfide) groups is 1. The number of carbonyl (C=O) groups excluding carboxylic acids is 1. The third kappa shape index (κ3) is 4.97. The molecule has 0 radical (unpaired) electrons. The molecule has 9 heteroatoms. The predicted octanol–water partition coefficient (Wildman–Crippen LogP) is 4.26. The smallest absolute Gasteiger partial charge is 0.236 e. The van der Waals surface area contributed by atoms with Crippen LogP contribution < -0.4 is 10.1 Å². The highest BCUT2D eigenvalue weighted by Crippen LogP contribution is 2.24. The Kier molecular flexibility index (Phi) is 6.13. The summed E-state index contributed by atoms with van der Waals surface area (Å²) in [7, 11) is 0. The Morgan fingerprint density at radius 3 is 2.85 bits per heavy atom. The zero-order chi connectivity index (χ0) is 18.5. The van der Waals surface area contributed by atoms with Crippen LogP contribution in [0.5, 0.6) is 5.75 Å². The lowest BCUT2D eigenvalue weighted by molar-refractivity contribution is -0.116. The average Bonchev–Trinajstić information content (AvgIpc) is 3.01. The summed E-state index contributed by atoms with van der Waals surface area (Å²) < 4.78 is 18.9. The fourth-order valence-corrected chi connectivity index (χ4v) is 3.10. The molecule has 2 aromatic rings. The average molecular weight is 412 g/mol. The molecule has 0 bridgehead atoms. The van der Waals surface area contributed by atoms with Crippen LogP contribution in [0.3, 0.4) is 0 Å². The molecule has 1 amide bonds. The first kappa shape index (κ1) is 18.7. The van der Waals surface area contributed by atoms with Crippen molar-refractivity contribution in [3.8, 4) is 5.75 Å². The summed E-state index contributed by atoms with van der Waals surface area (Å²) in [4.78, 5) is 11.1. The fraction of sp³-hybridized carbons (Fsp3) is 0.118. The second kappa shape index (κ2) is 8.53. The van der Waals surface area contributed by atoms with Gasteiger partial charge in [-0.15, -0.1) is 5.10 Å². The van der Waals surface area contributed by atoms with E-state index >= 15 is 0 Å². The van der Waals surface area contributed by atoms with Crippen molar-refractivity contribution in [2.45, 2.75) is 6.61 Å². The number of halogens is 3. The minimum Gasteiger partial charge on any atom is -0.488 e. The number of rotatable bonds is 5. The number of hydrogen-bond donors (Lipinski definition) is 1. The first-order valence-electron chi connectivity index (χ1n) is 7.41. The maximum absolute atomic E-state index is 13.1. The molecule has 0 unspecified atom stereocenters. The number of hydrogen-bond acceptors (Lipinski definition) is 5. The second-order valence-electron chi connectivity index (χ2n) is 5.19. The molecule has 0 atom stereocenters. The van der Waals surface area contributed by atoms with Crippen LogP contribution in [-0.4, -0.2) is 23.0 Å². The van der Waals surface area contributed by atoms with E-state index in [0.29, 0.717) is 32.8 Å². The molecule has 1 saturated heterocycles. The lowest BCUT2D eigenvalue weighted by atomic mass is 10.2. The van der Waals surface area contributed by atoms with Gasteiger partial charge in [-0.1, -0.05) is 41.0 Å². The highest BCUT2D eigenvalue weighted by atomic mass is 35.5. The molecular formula is C17H12Cl2FN3O2S. The van der Waals surface area contributed by atoms with Crippen molar-refractivity contribution in [1.82, 2.24) is 5.32 Å². The molecule has 1 aliphatic heterocycles. The minimum absolute atomic E-state index is 0.105. The van der Waals surface area contributed by atoms with Gasteiger partial charge in [0.2, 0.25) is 5.91 Å². The summed E-state index contributed by atoms with van der Waals surface area (Å²) in [5, 5.41) is 11.7. The van der Waals surface area contributed by atoms with E-state index in [2.05, 4.69) is 15.5 Å². The molecule has 134 valence electrons. The van der Waals surface area contributed by atoms with Gasteiger partial charge in [-0.3, -0.25) is 4.79 Å². The van der Waals surface area contributed by atoms with E-state index in [0.717, 1.165) is 0 Å². The van der Waals surface area contributed by atoms with Gasteiger partial charge in [-0.05, 0) is 30.3 Å². The number of carbonyl (C=O) groups is 1. The quantitative estimate of drug-likeness (QED) is 0.590. The molecule has 0 aliphatic carbocycles. The Bertz CT molecular complexity index is 906. The van der Waals surface area contributed by atoms with Crippen molar-refractivity contribution in [2.75, 3.05) is 5.75 Å². The van der Waals surface area contributed by atoms with Crippen LogP contribution in [0.15, 0.2) is 46.6 Å². The van der Waals surface area contributed by atoms with Crippen LogP contribution in [0.2, 0.25) is 10.0 Å². The number of amidine groups is 1. The van der Waals surface area contributed by atoms with Gasteiger partial charge in [-0.25, -0.2) is 4.39 Å². The zero-order valence-electron chi connectivity index (χ0n) is 13.2. The van der Waals surface area contributed by atoms with Crippen molar-refractivity contribution < 1.29 is 13.9 Å². The van der Waals surface area contributed by atoms with Crippen LogP contribution in [0.25, 0.3) is 0 Å². The van der Waals surface area contributed by atoms with Gasteiger partial charge in [0.15, 0.2) is 5.17 Å². The van der Waals surface area contributed by atoms with Gasteiger partial charge in [0.1, 0.15) is 18.2 Å². The lowest BCUT2D eigenvalue weighted by Gasteiger charge is -2.10. The number of ether oxygens (including phenoxy) is 1. The monoisotopic (exact) mass is 411 g/mol. The molecule has 1 fully saturated rings. The molecule has 1 heterocycles. The maximum Gasteiger partial charge on any atom is 0.236 e. The van der Waals surface area contributed by atoms with Crippen molar-refractivity contribution >= 4 is 52.3 Å². The van der Waals surface area contributed by atoms with E-state index in [9.17, 15) is 9.18 Å². The van der Waals surface area contributed by atoms with Crippen molar-refractivity contribution in [3.05, 3.63) is 63.4 Å². The lowest BCUT2D eigenvalue weighted by Crippen LogP contribution is -2.19. The zero-order valence-corrected chi connectivity index (χ0v) is 15.5. The van der Waals surface area contributed by atoms with Crippen LogP contribution in [0.1, 0.15) is 11.1 Å². The standard InChI is InChI=1S/C17H12Cl2FN3O2S/c18-12-2-4-15(25-8-10-1-3-13(20)6-14(10)19)11(5-12)7-21-23-17-22-16(24)9-26-17/h1-7H,8-9H2,(H,22,23,24). The van der Waals surface area contributed by atoms with Crippen molar-refractivity contribution in [1.29, 1.82) is 0 Å². The number of benzene rings is 2. The Balaban J connectivity index is 1.74. The highest BCUT2D eigenvalue weighted by molar-refractivity contribution is 8.15. The summed E-state index contributed by atoms with van der Waals surface area (Å²) in [6.45, 7) is 0.155. The summed E-state index contributed by atoms with van der Waals surface area (Å²) in [5.41, 5.74) is 1.26. The first-order valence-corrected chi connectivity index (χ1v) is 9.15. The third-order valence-corrected chi connectivity index (χ3v) is 4.75. The molecule has 0 saturated carbocycles. The Morgan fingerprint density at radius 1 is 1.27 bits per heavy atom. The van der Waals surface area contributed by atoms with Crippen LogP contribution in [0.4, 0.5) is 4.39 Å². The second-order valence-corrected chi connectivity index (χ2v) is 7.00. The molecule has 2 aromatic carbocycles. The van der Waals surface area contributed by atoms with E-state index in [4.69, 9.17) is 27.9 Å². The molecule has 0 spiro atoms. The van der Waals surface area contributed by atoms with Gasteiger partial charge in [-0.2, -0.15) is 5.10 Å². The molecule has 3 rings (SSSR count). The van der Waals surface area contributed by atoms with Crippen molar-refractivity contribution in [2.24, 2.45) is 10.2 Å². The van der Waals surface area contributed by atoms with E-state index in [1.165, 1.54) is 30.1 Å². The number of nitrogens with zero attached hydrogens (tertiary/aromatic N) is 2. The molecule has 1 aliphatic rings. The van der Waals surface area contributed by atoms with Crippen LogP contribution in [0, 0.1) is 5.82 Å². The molecule has 0 aromatic heterocycles. The third-order valence-electron chi connectivity index (χ3n) is 3.30. The Morgan fingerprint density at radius 2 is 2.12 bits per heavy atom. The normalized spacial score (nSPS) is 15.7. The summed E-state index contributed by atoms with van der Waals surface area (Å²) in [6.07, 6.45) is 1.48. The Labute approximate surface area is 163 Å². The van der Waals surface area contributed by atoms with Crippen LogP contribution >= 0.6 is 35.0 Å². The van der Waals surface area contributed by atoms with Gasteiger partial charge in [0.25, 0.3) is 0 Å². The SMILES string of the molecule is O=C1CSC(=NN=Cc2cc(Cl)ccc2OCc2ccc(F)cc2Cl)N1. The van der Waals surface area contributed by atoms with Crippen LogP contribution in [-0.2, 0) is 11.4 Å². The van der Waals surface area contributed by atoms with Gasteiger partial charge in [0, 0.05) is 16.1 Å². The fourth-order valence-electron chi connectivity index (χ4n) is 2.07. The van der Waals surface area contributed by atoms with Gasteiger partial charge >= 0.3 is 0 Å². The first-order chi connectivity index (χ1) is 12.5. The molecule has 26 heavy (non-hydrogen) atoms. The topological polar surface area (TPSA) is 63.0 Å². The maximum atomic E-state index is 13.1. The van der Waals surface area contributed by atoms with Gasteiger partial charge < -0.3 is 10.1 Å². The number of nitrogens with one attached hydrogen (secondary N) is 1.